The van der Waals surface area contributed by atoms with Crippen molar-refractivity contribution in [1.29, 1.82) is 5.26 Å². The molecule has 0 bridgehead atoms. The zero-order valence-electron chi connectivity index (χ0n) is 23.8. The lowest BCUT2D eigenvalue weighted by atomic mass is 9.88. The lowest BCUT2D eigenvalue weighted by Crippen LogP contribution is -2.58. The predicted molar refractivity (Wildman–Crippen MR) is 158 cm³/mol. The zero-order chi connectivity index (χ0) is 27.8. The van der Waals surface area contributed by atoms with Crippen LogP contribution < -0.4 is 14.7 Å². The lowest BCUT2D eigenvalue weighted by molar-refractivity contribution is -0.128. The Morgan fingerprint density at radius 2 is 1.95 bits per heavy atom. The molecule has 3 aliphatic heterocycles. The fourth-order valence-electron chi connectivity index (χ4n) is 6.86. The average molecular weight is 541 g/mol. The summed E-state index contributed by atoms with van der Waals surface area (Å²) < 4.78 is 0. The number of nitriles is 1. The van der Waals surface area contributed by atoms with Gasteiger partial charge >= 0.3 is 0 Å². The highest BCUT2D eigenvalue weighted by Gasteiger charge is 2.37. The van der Waals surface area contributed by atoms with E-state index >= 15 is 0 Å². The van der Waals surface area contributed by atoms with Gasteiger partial charge in [0.05, 0.1) is 24.2 Å². The first-order valence-corrected chi connectivity index (χ1v) is 14.7. The Bertz CT molecular complexity index is 1310. The maximum absolute atomic E-state index is 12.5. The zero-order valence-corrected chi connectivity index (χ0v) is 23.8. The number of aryl methyl sites for hydroxylation is 1. The van der Waals surface area contributed by atoms with Crippen molar-refractivity contribution in [1.82, 2.24) is 19.8 Å². The highest BCUT2D eigenvalue weighted by molar-refractivity contribution is 5.87. The van der Waals surface area contributed by atoms with Gasteiger partial charge in [0.15, 0.2) is 0 Å². The number of hydrogen-bond acceptors (Lipinski definition) is 8. The summed E-state index contributed by atoms with van der Waals surface area (Å²) in [5.41, 5.74) is 5.24. The molecule has 1 aromatic heterocycles. The quantitative estimate of drug-likeness (QED) is 0.518. The minimum atomic E-state index is -0.179. The van der Waals surface area contributed by atoms with E-state index in [0.717, 1.165) is 62.8 Å². The third kappa shape index (κ3) is 4.90. The van der Waals surface area contributed by atoms with Gasteiger partial charge in [-0.05, 0) is 57.5 Å². The fourth-order valence-corrected chi connectivity index (χ4v) is 6.86. The largest absolute Gasteiger partial charge is 0.368 e. The summed E-state index contributed by atoms with van der Waals surface area (Å²) in [5, 5.41) is 9.52. The van der Waals surface area contributed by atoms with E-state index in [9.17, 15) is 10.1 Å². The lowest BCUT2D eigenvalue weighted by Gasteiger charge is -2.45. The number of para-hydroxylation sites is 1. The van der Waals surface area contributed by atoms with Crippen LogP contribution in [0.25, 0.3) is 0 Å². The molecular formula is C31H40N8O. The molecule has 2 aromatic rings. The van der Waals surface area contributed by atoms with E-state index in [1.54, 1.807) is 4.90 Å². The number of amides is 1. The standard InChI is InChI=1S/C31H40N8O/c1-4-29(40)39-17-16-36(19-24(39)13-14-32)30-26-12-11-23(38-15-7-9-22-8-5-6-10-28(22)38)18-27(26)33-31(34-30)37-20-25(21-37)35(2)3/h4-6,8,10,23-25H,1,7,9,11-13,15-21H2,2-3H3. The smallest absolute Gasteiger partial charge is 0.246 e. The van der Waals surface area contributed by atoms with Gasteiger partial charge in [-0.3, -0.25) is 4.79 Å². The van der Waals surface area contributed by atoms with E-state index in [2.05, 4.69) is 70.6 Å². The van der Waals surface area contributed by atoms with E-state index in [1.807, 2.05) is 0 Å². The Morgan fingerprint density at radius 3 is 2.73 bits per heavy atom. The third-order valence-electron chi connectivity index (χ3n) is 9.24. The number of hydrogen-bond donors (Lipinski definition) is 0. The number of benzene rings is 1. The molecule has 2 atom stereocenters. The number of nitrogens with zero attached hydrogens (tertiary/aromatic N) is 8. The van der Waals surface area contributed by atoms with Crippen molar-refractivity contribution in [3.63, 3.8) is 0 Å². The van der Waals surface area contributed by atoms with Gasteiger partial charge < -0.3 is 24.5 Å². The van der Waals surface area contributed by atoms with Crippen LogP contribution in [0.15, 0.2) is 36.9 Å². The molecule has 2 fully saturated rings. The van der Waals surface area contributed by atoms with Crippen LogP contribution >= 0.6 is 0 Å². The van der Waals surface area contributed by atoms with Crippen molar-refractivity contribution in [2.75, 3.05) is 68.1 Å². The fraction of sp³-hybridized carbons (Fsp3) is 0.548. The number of rotatable bonds is 6. The molecule has 1 aliphatic carbocycles. The first kappa shape index (κ1) is 26.6. The van der Waals surface area contributed by atoms with Crippen LogP contribution in [0.1, 0.15) is 36.1 Å². The minimum absolute atomic E-state index is 0.106. The van der Waals surface area contributed by atoms with Crippen molar-refractivity contribution < 1.29 is 4.79 Å². The minimum Gasteiger partial charge on any atom is -0.368 e. The normalized spacial score (nSPS) is 22.9. The molecule has 1 aromatic carbocycles. The van der Waals surface area contributed by atoms with Gasteiger partial charge in [0.1, 0.15) is 5.82 Å². The van der Waals surface area contributed by atoms with Crippen LogP contribution in [0.3, 0.4) is 0 Å². The first-order chi connectivity index (χ1) is 19.5. The average Bonchev–Trinajstić information content (AvgIpc) is 2.95. The Hall–Kier alpha value is -3.64. The molecule has 40 heavy (non-hydrogen) atoms. The Labute approximate surface area is 237 Å². The van der Waals surface area contributed by atoms with Gasteiger partial charge in [-0.1, -0.05) is 24.8 Å². The summed E-state index contributed by atoms with van der Waals surface area (Å²) in [7, 11) is 4.25. The van der Waals surface area contributed by atoms with E-state index in [-0.39, 0.29) is 11.9 Å². The first-order valence-electron chi connectivity index (χ1n) is 14.7. The number of carbonyl (C=O) groups is 1. The van der Waals surface area contributed by atoms with Gasteiger partial charge in [0, 0.05) is 69.0 Å². The second-order valence-electron chi connectivity index (χ2n) is 11.8. The number of aromatic nitrogens is 2. The predicted octanol–water partition coefficient (Wildman–Crippen LogP) is 2.65. The maximum Gasteiger partial charge on any atom is 0.246 e. The summed E-state index contributed by atoms with van der Waals surface area (Å²) >= 11 is 0. The molecule has 0 N–H and O–H groups in total. The van der Waals surface area contributed by atoms with Gasteiger partial charge in [-0.25, -0.2) is 4.98 Å². The number of likely N-dealkylation sites (N-methyl/N-ethyl adjacent to an activating group) is 1. The monoisotopic (exact) mass is 540 g/mol. The van der Waals surface area contributed by atoms with Crippen LogP contribution in [0.5, 0.6) is 0 Å². The highest BCUT2D eigenvalue weighted by Crippen LogP contribution is 2.37. The maximum atomic E-state index is 12.5. The van der Waals surface area contributed by atoms with E-state index in [0.29, 0.717) is 38.1 Å². The Morgan fingerprint density at radius 1 is 1.12 bits per heavy atom. The van der Waals surface area contributed by atoms with Gasteiger partial charge in [-0.15, -0.1) is 0 Å². The van der Waals surface area contributed by atoms with Crippen LogP contribution in [-0.2, 0) is 24.1 Å². The van der Waals surface area contributed by atoms with Crippen molar-refractivity contribution in [2.24, 2.45) is 0 Å². The second kappa shape index (κ2) is 11.1. The molecule has 4 aliphatic rings. The number of anilines is 3. The molecule has 6 rings (SSSR count). The van der Waals surface area contributed by atoms with Crippen molar-refractivity contribution in [3.05, 3.63) is 53.7 Å². The van der Waals surface area contributed by atoms with Crippen molar-refractivity contribution >= 4 is 23.4 Å². The summed E-state index contributed by atoms with van der Waals surface area (Å²) in [6, 6.07) is 11.9. The number of fused-ring (bicyclic) bond motifs is 2. The SMILES string of the molecule is C=CC(=O)N1CCN(c2nc(N3CC(N(C)C)C3)nc3c2CCC(N2CCCc4ccccc42)C3)CC1CC#N. The third-order valence-corrected chi connectivity index (χ3v) is 9.24. The molecular weight excluding hydrogens is 500 g/mol. The number of piperazine rings is 1. The summed E-state index contributed by atoms with van der Waals surface area (Å²) in [4.78, 5) is 34.2. The molecule has 210 valence electrons. The van der Waals surface area contributed by atoms with Crippen molar-refractivity contribution in [2.45, 2.75) is 56.7 Å². The van der Waals surface area contributed by atoms with Crippen molar-refractivity contribution in [3.8, 4) is 6.07 Å². The summed E-state index contributed by atoms with van der Waals surface area (Å²) in [6.07, 6.45) is 6.90. The van der Waals surface area contributed by atoms with Gasteiger partial charge in [-0.2, -0.15) is 10.2 Å². The summed E-state index contributed by atoms with van der Waals surface area (Å²) in [5.74, 6) is 1.71. The van der Waals surface area contributed by atoms with Crippen LogP contribution in [-0.4, -0.2) is 97.2 Å². The molecule has 2 unspecified atom stereocenters. The van der Waals surface area contributed by atoms with E-state index in [1.165, 1.54) is 29.3 Å². The Balaban J connectivity index is 1.32. The van der Waals surface area contributed by atoms with Crippen LogP contribution in [0, 0.1) is 11.3 Å². The van der Waals surface area contributed by atoms with Gasteiger partial charge in [0.2, 0.25) is 11.9 Å². The van der Waals surface area contributed by atoms with Crippen LogP contribution in [0.4, 0.5) is 17.5 Å². The molecule has 4 heterocycles. The molecule has 0 saturated carbocycles. The topological polar surface area (TPSA) is 82.8 Å². The summed E-state index contributed by atoms with van der Waals surface area (Å²) in [6.45, 7) is 8.45. The molecule has 9 heteroatoms. The highest BCUT2D eigenvalue weighted by atomic mass is 16.2. The van der Waals surface area contributed by atoms with Crippen LogP contribution in [0.2, 0.25) is 0 Å². The molecule has 0 radical (unpaired) electrons. The second-order valence-corrected chi connectivity index (χ2v) is 11.8. The molecule has 2 saturated heterocycles. The molecule has 9 nitrogen and oxygen atoms in total. The van der Waals surface area contributed by atoms with E-state index < -0.39 is 0 Å². The molecule has 0 spiro atoms. The van der Waals surface area contributed by atoms with Gasteiger partial charge in [0.25, 0.3) is 0 Å². The molecule has 1 amide bonds. The number of carbonyl (C=O) groups excluding carboxylic acids is 1. The Kier molecular flexibility index (Phi) is 7.37. The van der Waals surface area contributed by atoms with E-state index in [4.69, 9.17) is 9.97 Å².